The van der Waals surface area contributed by atoms with Gasteiger partial charge in [0.05, 0.1) is 12.0 Å². The number of rotatable bonds is 5. The zero-order chi connectivity index (χ0) is 18.8. The van der Waals surface area contributed by atoms with Crippen molar-refractivity contribution in [3.8, 4) is 5.75 Å². The Morgan fingerprint density at radius 1 is 1.35 bits per heavy atom. The standard InChI is InChI=1S/C16H13N5O5/c1-9-4-3-7-20-14(9)17-13(16(22)23)15(20)19-18-11-8-10(21(24)25)5-6-12(11)26-2/h3-8H,1-2H3,(H,22,23). The number of imidazole rings is 1. The van der Waals surface area contributed by atoms with Gasteiger partial charge in [0.25, 0.3) is 5.69 Å². The van der Waals surface area contributed by atoms with Gasteiger partial charge in [0.2, 0.25) is 0 Å². The Balaban J connectivity index is 2.16. The minimum Gasteiger partial charge on any atom is -0.494 e. The van der Waals surface area contributed by atoms with Gasteiger partial charge in [-0.2, -0.15) is 0 Å². The Morgan fingerprint density at radius 2 is 2.12 bits per heavy atom. The molecular weight excluding hydrogens is 342 g/mol. The molecule has 2 heterocycles. The number of hydrogen-bond acceptors (Lipinski definition) is 7. The lowest BCUT2D eigenvalue weighted by atomic mass is 10.2. The van der Waals surface area contributed by atoms with E-state index in [2.05, 4.69) is 15.2 Å². The second-order valence-electron chi connectivity index (χ2n) is 5.29. The largest absolute Gasteiger partial charge is 0.494 e. The van der Waals surface area contributed by atoms with Crippen molar-refractivity contribution in [2.45, 2.75) is 6.92 Å². The number of aromatic carboxylic acids is 1. The van der Waals surface area contributed by atoms with Crippen LogP contribution in [-0.4, -0.2) is 32.5 Å². The molecule has 1 aromatic carbocycles. The number of nitro groups is 1. The van der Waals surface area contributed by atoms with Gasteiger partial charge in [-0.1, -0.05) is 6.07 Å². The van der Waals surface area contributed by atoms with E-state index in [1.807, 2.05) is 0 Å². The minimum absolute atomic E-state index is 0.00441. The third-order valence-electron chi connectivity index (χ3n) is 3.65. The van der Waals surface area contributed by atoms with Crippen LogP contribution in [0, 0.1) is 17.0 Å². The molecular formula is C16H13N5O5. The van der Waals surface area contributed by atoms with Gasteiger partial charge in [-0.15, -0.1) is 10.2 Å². The summed E-state index contributed by atoms with van der Waals surface area (Å²) in [4.78, 5) is 25.9. The van der Waals surface area contributed by atoms with Gasteiger partial charge in [-0.05, 0) is 24.6 Å². The number of carboxylic acids is 1. The van der Waals surface area contributed by atoms with Gasteiger partial charge in [-0.3, -0.25) is 14.5 Å². The van der Waals surface area contributed by atoms with E-state index >= 15 is 0 Å². The monoisotopic (exact) mass is 355 g/mol. The predicted octanol–water partition coefficient (Wildman–Crippen LogP) is 3.67. The highest BCUT2D eigenvalue weighted by Crippen LogP contribution is 2.33. The lowest BCUT2D eigenvalue weighted by Crippen LogP contribution is -1.96. The summed E-state index contributed by atoms with van der Waals surface area (Å²) in [5.74, 6) is -0.987. The molecule has 26 heavy (non-hydrogen) atoms. The van der Waals surface area contributed by atoms with Crippen LogP contribution in [0.25, 0.3) is 5.65 Å². The van der Waals surface area contributed by atoms with Crippen LogP contribution in [0.3, 0.4) is 0 Å². The summed E-state index contributed by atoms with van der Waals surface area (Å²) in [5.41, 5.74) is 0.842. The van der Waals surface area contributed by atoms with E-state index in [4.69, 9.17) is 4.74 Å². The molecule has 10 heteroatoms. The summed E-state index contributed by atoms with van der Waals surface area (Å²) in [6.07, 6.45) is 1.61. The Bertz CT molecular complexity index is 1060. The fourth-order valence-electron chi connectivity index (χ4n) is 2.40. The van der Waals surface area contributed by atoms with Gasteiger partial charge < -0.3 is 9.84 Å². The Morgan fingerprint density at radius 3 is 2.77 bits per heavy atom. The van der Waals surface area contributed by atoms with Crippen LogP contribution in [0.5, 0.6) is 5.75 Å². The van der Waals surface area contributed by atoms with Crippen molar-refractivity contribution in [3.05, 3.63) is 57.9 Å². The molecule has 0 bridgehead atoms. The number of non-ortho nitro benzene ring substituents is 1. The van der Waals surface area contributed by atoms with Crippen LogP contribution < -0.4 is 4.74 Å². The van der Waals surface area contributed by atoms with Crippen molar-refractivity contribution in [2.75, 3.05) is 7.11 Å². The van der Waals surface area contributed by atoms with Gasteiger partial charge in [0.1, 0.15) is 17.1 Å². The zero-order valence-electron chi connectivity index (χ0n) is 13.8. The predicted molar refractivity (Wildman–Crippen MR) is 90.7 cm³/mol. The number of carboxylic acid groups (broad SMARTS) is 1. The third-order valence-corrected chi connectivity index (χ3v) is 3.65. The number of methoxy groups -OCH3 is 1. The van der Waals surface area contributed by atoms with Gasteiger partial charge in [0, 0.05) is 18.3 Å². The highest BCUT2D eigenvalue weighted by Gasteiger charge is 2.19. The van der Waals surface area contributed by atoms with Crippen molar-refractivity contribution in [2.24, 2.45) is 10.2 Å². The topological polar surface area (TPSA) is 132 Å². The number of aryl methyl sites for hydroxylation is 1. The van der Waals surface area contributed by atoms with Gasteiger partial charge >= 0.3 is 5.97 Å². The number of carbonyl (C=O) groups is 1. The first-order valence-corrected chi connectivity index (χ1v) is 7.37. The number of pyridine rings is 1. The smallest absolute Gasteiger partial charge is 0.358 e. The number of fused-ring (bicyclic) bond motifs is 1. The average molecular weight is 355 g/mol. The van der Waals surface area contributed by atoms with E-state index in [-0.39, 0.29) is 28.6 Å². The number of nitro benzene ring substituents is 1. The van der Waals surface area contributed by atoms with Gasteiger partial charge in [0.15, 0.2) is 11.5 Å². The lowest BCUT2D eigenvalue weighted by molar-refractivity contribution is -0.384. The van der Waals surface area contributed by atoms with E-state index < -0.39 is 10.9 Å². The Kier molecular flexibility index (Phi) is 4.31. The van der Waals surface area contributed by atoms with Crippen molar-refractivity contribution >= 4 is 28.8 Å². The number of hydrogen-bond donors (Lipinski definition) is 1. The quantitative estimate of drug-likeness (QED) is 0.422. The van der Waals surface area contributed by atoms with Crippen LogP contribution in [-0.2, 0) is 0 Å². The maximum Gasteiger partial charge on any atom is 0.358 e. The second kappa shape index (κ2) is 6.59. The molecule has 0 aliphatic carbocycles. The first kappa shape index (κ1) is 17.0. The fourth-order valence-corrected chi connectivity index (χ4v) is 2.40. The van der Waals surface area contributed by atoms with Crippen LogP contribution >= 0.6 is 0 Å². The molecule has 3 aromatic rings. The Hall–Kier alpha value is -3.82. The zero-order valence-corrected chi connectivity index (χ0v) is 13.8. The summed E-state index contributed by atoms with van der Waals surface area (Å²) >= 11 is 0. The molecule has 0 radical (unpaired) electrons. The molecule has 2 aromatic heterocycles. The first-order chi connectivity index (χ1) is 12.4. The molecule has 0 saturated carbocycles. The van der Waals surface area contributed by atoms with E-state index in [9.17, 15) is 20.0 Å². The van der Waals surface area contributed by atoms with Crippen LogP contribution in [0.15, 0.2) is 46.8 Å². The highest BCUT2D eigenvalue weighted by molar-refractivity contribution is 5.92. The maximum atomic E-state index is 11.5. The summed E-state index contributed by atoms with van der Waals surface area (Å²) < 4.78 is 6.61. The molecule has 10 nitrogen and oxygen atoms in total. The molecule has 0 saturated heterocycles. The first-order valence-electron chi connectivity index (χ1n) is 7.37. The van der Waals surface area contributed by atoms with Crippen LogP contribution in [0.1, 0.15) is 16.1 Å². The second-order valence-corrected chi connectivity index (χ2v) is 5.29. The van der Waals surface area contributed by atoms with E-state index in [0.717, 1.165) is 5.56 Å². The molecule has 132 valence electrons. The summed E-state index contributed by atoms with van der Waals surface area (Å²) in [6, 6.07) is 7.37. The van der Waals surface area contributed by atoms with Crippen LogP contribution in [0.2, 0.25) is 0 Å². The van der Waals surface area contributed by atoms with Crippen molar-refractivity contribution in [1.82, 2.24) is 9.38 Å². The number of aromatic nitrogens is 2. The highest BCUT2D eigenvalue weighted by atomic mass is 16.6. The number of ether oxygens (including phenoxy) is 1. The van der Waals surface area contributed by atoms with Crippen molar-refractivity contribution in [1.29, 1.82) is 0 Å². The molecule has 0 fully saturated rings. The van der Waals surface area contributed by atoms with Gasteiger partial charge in [-0.25, -0.2) is 9.78 Å². The molecule has 0 unspecified atom stereocenters. The summed E-state index contributed by atoms with van der Waals surface area (Å²) in [7, 11) is 1.39. The van der Waals surface area contributed by atoms with Crippen molar-refractivity contribution in [3.63, 3.8) is 0 Å². The average Bonchev–Trinajstić information content (AvgIpc) is 3.00. The normalized spacial score (nSPS) is 11.2. The molecule has 0 spiro atoms. The van der Waals surface area contributed by atoms with Crippen LogP contribution in [0.4, 0.5) is 17.2 Å². The molecule has 0 aliphatic heterocycles. The maximum absolute atomic E-state index is 11.5. The molecule has 0 amide bonds. The van der Waals surface area contributed by atoms with E-state index in [0.29, 0.717) is 5.65 Å². The van der Waals surface area contributed by atoms with E-state index in [1.54, 1.807) is 25.3 Å². The Labute approximate surface area is 146 Å². The molecule has 0 atom stereocenters. The lowest BCUT2D eigenvalue weighted by Gasteiger charge is -2.03. The van der Waals surface area contributed by atoms with Crippen molar-refractivity contribution < 1.29 is 19.6 Å². The number of azo groups is 1. The molecule has 3 rings (SSSR count). The third kappa shape index (κ3) is 2.95. The fraction of sp³-hybridized carbons (Fsp3) is 0.125. The van der Waals surface area contributed by atoms with E-state index in [1.165, 1.54) is 29.7 Å². The summed E-state index contributed by atoms with van der Waals surface area (Å²) in [6.45, 7) is 1.79. The molecule has 1 N–H and O–H groups in total. The number of benzene rings is 1. The summed E-state index contributed by atoms with van der Waals surface area (Å²) in [5, 5.41) is 28.3. The molecule has 0 aliphatic rings. The number of nitrogens with zero attached hydrogens (tertiary/aromatic N) is 5. The minimum atomic E-state index is -1.26. The SMILES string of the molecule is COc1ccc([N+](=O)[O-])cc1N=Nc1c(C(=O)O)nc2c(C)cccn12.